The van der Waals surface area contributed by atoms with E-state index >= 15 is 0 Å². The lowest BCUT2D eigenvalue weighted by Gasteiger charge is -2.42. The quantitative estimate of drug-likeness (QED) is 0.727. The Morgan fingerprint density at radius 1 is 1.11 bits per heavy atom. The number of hydrogen-bond donors (Lipinski definition) is 1. The van der Waals surface area contributed by atoms with Gasteiger partial charge >= 0.3 is 12.1 Å². The summed E-state index contributed by atoms with van der Waals surface area (Å²) in [4.78, 5) is 43.2. The average molecular weight is 395 g/mol. The SMILES string of the molecule is CC1CCCC(C)C12NC(=O)N(CN1CCN(C(=O)OC(C)(C)C)CC1)C2=O. The summed E-state index contributed by atoms with van der Waals surface area (Å²) in [6.07, 6.45) is 2.70. The molecule has 2 saturated heterocycles. The van der Waals surface area contributed by atoms with E-state index in [1.165, 1.54) is 4.90 Å². The monoisotopic (exact) mass is 394 g/mol. The largest absolute Gasteiger partial charge is 0.444 e. The van der Waals surface area contributed by atoms with Crippen molar-refractivity contribution in [2.75, 3.05) is 32.8 Å². The number of ether oxygens (including phenoxy) is 1. The maximum absolute atomic E-state index is 13.2. The topological polar surface area (TPSA) is 82.2 Å². The van der Waals surface area contributed by atoms with Gasteiger partial charge in [0.1, 0.15) is 11.1 Å². The molecule has 1 spiro atoms. The molecule has 28 heavy (non-hydrogen) atoms. The number of urea groups is 1. The lowest BCUT2D eigenvalue weighted by molar-refractivity contribution is -0.138. The number of nitrogens with zero attached hydrogens (tertiary/aromatic N) is 3. The Labute approximate surface area is 167 Å². The van der Waals surface area contributed by atoms with E-state index in [1.807, 2.05) is 20.8 Å². The lowest BCUT2D eigenvalue weighted by Crippen LogP contribution is -2.59. The first-order valence-corrected chi connectivity index (χ1v) is 10.4. The van der Waals surface area contributed by atoms with E-state index in [0.717, 1.165) is 19.3 Å². The van der Waals surface area contributed by atoms with Crippen molar-refractivity contribution in [2.45, 2.75) is 65.0 Å². The van der Waals surface area contributed by atoms with Crippen molar-refractivity contribution < 1.29 is 19.1 Å². The number of rotatable bonds is 2. The molecule has 2 atom stereocenters. The molecule has 4 amide bonds. The summed E-state index contributed by atoms with van der Waals surface area (Å²) >= 11 is 0. The molecule has 1 saturated carbocycles. The first-order chi connectivity index (χ1) is 13.0. The fraction of sp³-hybridized carbons (Fsp3) is 0.850. The minimum Gasteiger partial charge on any atom is -0.444 e. The van der Waals surface area contributed by atoms with Gasteiger partial charge < -0.3 is 15.0 Å². The number of amides is 4. The number of hydrogen-bond acceptors (Lipinski definition) is 5. The average Bonchev–Trinajstić information content (AvgIpc) is 2.85. The summed E-state index contributed by atoms with van der Waals surface area (Å²) in [6, 6.07) is -0.292. The van der Waals surface area contributed by atoms with Crippen molar-refractivity contribution in [3.05, 3.63) is 0 Å². The molecule has 3 aliphatic rings. The van der Waals surface area contributed by atoms with Crippen LogP contribution in [0.15, 0.2) is 0 Å². The van der Waals surface area contributed by atoms with Gasteiger partial charge in [-0.3, -0.25) is 9.69 Å². The summed E-state index contributed by atoms with van der Waals surface area (Å²) in [5.41, 5.74) is -1.27. The van der Waals surface area contributed by atoms with Crippen LogP contribution in [-0.2, 0) is 9.53 Å². The zero-order valence-electron chi connectivity index (χ0n) is 17.8. The summed E-state index contributed by atoms with van der Waals surface area (Å²) in [5, 5.41) is 3.04. The van der Waals surface area contributed by atoms with Crippen molar-refractivity contribution in [3.63, 3.8) is 0 Å². The maximum Gasteiger partial charge on any atom is 0.410 e. The standard InChI is InChI=1S/C20H34N4O4/c1-14-7-6-8-15(2)20(14)16(25)24(17(26)21-20)13-22-9-11-23(12-10-22)18(27)28-19(3,4)5/h14-15H,6-13H2,1-5H3,(H,21,26). The van der Waals surface area contributed by atoms with Gasteiger partial charge in [0.05, 0.1) is 6.67 Å². The first kappa shape index (κ1) is 20.9. The van der Waals surface area contributed by atoms with E-state index in [1.54, 1.807) is 4.90 Å². The van der Waals surface area contributed by atoms with Gasteiger partial charge in [-0.25, -0.2) is 14.5 Å². The molecule has 2 unspecified atom stereocenters. The van der Waals surface area contributed by atoms with Crippen LogP contribution in [0.3, 0.4) is 0 Å². The predicted molar refractivity (Wildman–Crippen MR) is 105 cm³/mol. The van der Waals surface area contributed by atoms with E-state index in [0.29, 0.717) is 26.2 Å². The number of imide groups is 1. The van der Waals surface area contributed by atoms with Gasteiger partial charge in [-0.05, 0) is 45.4 Å². The highest BCUT2D eigenvalue weighted by atomic mass is 16.6. The van der Waals surface area contributed by atoms with Gasteiger partial charge in [-0.2, -0.15) is 0 Å². The van der Waals surface area contributed by atoms with Gasteiger partial charge in [0.2, 0.25) is 0 Å². The van der Waals surface area contributed by atoms with E-state index in [2.05, 4.69) is 24.1 Å². The number of nitrogens with one attached hydrogen (secondary N) is 1. The highest BCUT2D eigenvalue weighted by molar-refractivity contribution is 6.07. The van der Waals surface area contributed by atoms with Crippen molar-refractivity contribution in [3.8, 4) is 0 Å². The second-order valence-electron chi connectivity index (χ2n) is 9.49. The summed E-state index contributed by atoms with van der Waals surface area (Å²) in [5.74, 6) is 0.190. The third-order valence-corrected chi connectivity index (χ3v) is 6.35. The molecule has 158 valence electrons. The first-order valence-electron chi connectivity index (χ1n) is 10.4. The second kappa shape index (κ2) is 7.54. The molecular formula is C20H34N4O4. The Kier molecular flexibility index (Phi) is 5.62. The summed E-state index contributed by atoms with van der Waals surface area (Å²) < 4.78 is 5.42. The molecule has 3 rings (SSSR count). The van der Waals surface area contributed by atoms with Crippen LogP contribution in [0.2, 0.25) is 0 Å². The number of piperazine rings is 1. The van der Waals surface area contributed by atoms with Gasteiger partial charge in [0.15, 0.2) is 0 Å². The molecule has 0 radical (unpaired) electrons. The molecule has 0 bridgehead atoms. The molecule has 0 aromatic carbocycles. The van der Waals surface area contributed by atoms with Crippen LogP contribution in [0.1, 0.15) is 53.9 Å². The Hall–Kier alpha value is -1.83. The van der Waals surface area contributed by atoms with E-state index in [4.69, 9.17) is 4.74 Å². The van der Waals surface area contributed by atoms with Crippen molar-refractivity contribution in [2.24, 2.45) is 11.8 Å². The highest BCUT2D eigenvalue weighted by Gasteiger charge is 2.58. The van der Waals surface area contributed by atoms with Crippen LogP contribution in [0, 0.1) is 11.8 Å². The predicted octanol–water partition coefficient (Wildman–Crippen LogP) is 2.24. The zero-order chi connectivity index (χ0) is 20.7. The van der Waals surface area contributed by atoms with Crippen LogP contribution < -0.4 is 5.32 Å². The van der Waals surface area contributed by atoms with Gasteiger partial charge in [0.25, 0.3) is 5.91 Å². The van der Waals surface area contributed by atoms with Gasteiger partial charge in [-0.1, -0.05) is 20.3 Å². The fourth-order valence-electron chi connectivity index (χ4n) is 4.68. The highest BCUT2D eigenvalue weighted by Crippen LogP contribution is 2.42. The zero-order valence-corrected chi connectivity index (χ0v) is 17.8. The molecule has 0 aromatic heterocycles. The molecule has 3 fully saturated rings. The van der Waals surface area contributed by atoms with E-state index < -0.39 is 11.1 Å². The third kappa shape index (κ3) is 3.83. The minimum atomic E-state index is -0.756. The molecule has 2 aliphatic heterocycles. The molecule has 2 heterocycles. The van der Waals surface area contributed by atoms with Crippen LogP contribution in [0.4, 0.5) is 9.59 Å². The summed E-state index contributed by atoms with van der Waals surface area (Å²) in [7, 11) is 0. The normalized spacial score (nSPS) is 32.0. The number of carbonyl (C=O) groups is 3. The number of carbonyl (C=O) groups excluding carboxylic acids is 3. The Balaban J connectivity index is 1.59. The summed E-state index contributed by atoms with van der Waals surface area (Å²) in [6.45, 7) is 12.2. The fourth-order valence-corrected chi connectivity index (χ4v) is 4.68. The van der Waals surface area contributed by atoms with Crippen molar-refractivity contribution >= 4 is 18.0 Å². The molecular weight excluding hydrogens is 360 g/mol. The molecule has 1 N–H and O–H groups in total. The smallest absolute Gasteiger partial charge is 0.410 e. The van der Waals surface area contributed by atoms with Gasteiger partial charge in [0, 0.05) is 26.2 Å². The Bertz CT molecular complexity index is 627. The van der Waals surface area contributed by atoms with Crippen LogP contribution in [0.5, 0.6) is 0 Å². The molecule has 1 aliphatic carbocycles. The van der Waals surface area contributed by atoms with E-state index in [-0.39, 0.29) is 36.5 Å². The van der Waals surface area contributed by atoms with Crippen LogP contribution in [0.25, 0.3) is 0 Å². The lowest BCUT2D eigenvalue weighted by atomic mass is 9.67. The Morgan fingerprint density at radius 3 is 2.21 bits per heavy atom. The molecule has 0 aromatic rings. The minimum absolute atomic E-state index is 0.0910. The molecule has 8 nitrogen and oxygen atoms in total. The van der Waals surface area contributed by atoms with Gasteiger partial charge in [-0.15, -0.1) is 0 Å². The van der Waals surface area contributed by atoms with E-state index in [9.17, 15) is 14.4 Å². The van der Waals surface area contributed by atoms with Crippen LogP contribution in [-0.4, -0.2) is 76.7 Å². The van der Waals surface area contributed by atoms with Crippen molar-refractivity contribution in [1.29, 1.82) is 0 Å². The van der Waals surface area contributed by atoms with Crippen molar-refractivity contribution in [1.82, 2.24) is 20.0 Å². The Morgan fingerprint density at radius 2 is 1.68 bits per heavy atom. The third-order valence-electron chi connectivity index (χ3n) is 6.35. The maximum atomic E-state index is 13.2. The molecule has 8 heteroatoms. The second-order valence-corrected chi connectivity index (χ2v) is 9.49. The van der Waals surface area contributed by atoms with Crippen LogP contribution >= 0.6 is 0 Å².